The van der Waals surface area contributed by atoms with E-state index in [0.29, 0.717) is 13.0 Å². The molecule has 0 aliphatic heterocycles. The van der Waals surface area contributed by atoms with Gasteiger partial charge in [-0.3, -0.25) is 9.59 Å². The van der Waals surface area contributed by atoms with Gasteiger partial charge in [0.15, 0.2) is 0 Å². The molecule has 0 aliphatic rings. The molecule has 0 aliphatic carbocycles. The second-order valence-corrected chi connectivity index (χ2v) is 4.78. The lowest BCUT2D eigenvalue weighted by atomic mass is 10.1. The number of esters is 1. The third-order valence-corrected chi connectivity index (χ3v) is 3.04. The fourth-order valence-electron chi connectivity index (χ4n) is 1.75. The van der Waals surface area contributed by atoms with E-state index < -0.39 is 5.97 Å². The second kappa shape index (κ2) is 8.32. The first-order valence-corrected chi connectivity index (χ1v) is 6.61. The number of carboxylic acid groups (broad SMARTS) is 1. The van der Waals surface area contributed by atoms with E-state index in [-0.39, 0.29) is 24.9 Å². The third-order valence-electron chi connectivity index (χ3n) is 3.04. The number of nitrogens with one attached hydrogen (secondary N) is 1. The zero-order chi connectivity index (χ0) is 15.0. The van der Waals surface area contributed by atoms with Crippen molar-refractivity contribution in [2.24, 2.45) is 0 Å². The molecule has 0 amide bonds. The molecule has 1 atom stereocenters. The summed E-state index contributed by atoms with van der Waals surface area (Å²) >= 11 is 0. The molecule has 0 aromatic heterocycles. The van der Waals surface area contributed by atoms with Gasteiger partial charge in [-0.1, -0.05) is 24.3 Å². The van der Waals surface area contributed by atoms with Crippen LogP contribution >= 0.6 is 0 Å². The van der Waals surface area contributed by atoms with E-state index in [1.807, 2.05) is 31.2 Å². The predicted molar refractivity (Wildman–Crippen MR) is 75.3 cm³/mol. The molecule has 0 heterocycles. The molecule has 0 saturated carbocycles. The summed E-state index contributed by atoms with van der Waals surface area (Å²) in [6, 6.07) is 7.86. The maximum absolute atomic E-state index is 11.1. The summed E-state index contributed by atoms with van der Waals surface area (Å²) in [4.78, 5) is 21.6. The molecule has 1 rings (SSSR count). The van der Waals surface area contributed by atoms with Crippen LogP contribution in [0.2, 0.25) is 0 Å². The number of hydrogen-bond acceptors (Lipinski definition) is 4. The summed E-state index contributed by atoms with van der Waals surface area (Å²) in [5.74, 6) is -1.02. The van der Waals surface area contributed by atoms with Crippen molar-refractivity contribution in [3.8, 4) is 0 Å². The van der Waals surface area contributed by atoms with E-state index in [0.717, 1.165) is 11.1 Å². The number of rotatable bonds is 8. The van der Waals surface area contributed by atoms with Gasteiger partial charge in [0.05, 0.1) is 13.5 Å². The molecule has 2 N–H and O–H groups in total. The van der Waals surface area contributed by atoms with Crippen LogP contribution in [-0.4, -0.2) is 30.2 Å². The van der Waals surface area contributed by atoms with Crippen LogP contribution in [0.15, 0.2) is 24.3 Å². The Morgan fingerprint density at radius 2 is 1.85 bits per heavy atom. The molecular formula is C15H21NO4. The van der Waals surface area contributed by atoms with Crippen molar-refractivity contribution >= 4 is 11.9 Å². The Morgan fingerprint density at radius 1 is 1.25 bits per heavy atom. The van der Waals surface area contributed by atoms with Gasteiger partial charge in [-0.25, -0.2) is 0 Å². The number of aliphatic carboxylic acids is 1. The molecule has 5 nitrogen and oxygen atoms in total. The van der Waals surface area contributed by atoms with E-state index in [2.05, 4.69) is 10.1 Å². The number of methoxy groups -OCH3 is 1. The van der Waals surface area contributed by atoms with Gasteiger partial charge in [-0.05, 0) is 24.5 Å². The highest BCUT2D eigenvalue weighted by Gasteiger charge is 2.06. The lowest BCUT2D eigenvalue weighted by Gasteiger charge is -2.12. The number of ether oxygens (including phenoxy) is 1. The minimum atomic E-state index is -0.772. The van der Waals surface area contributed by atoms with Crippen LogP contribution in [0, 0.1) is 0 Å². The van der Waals surface area contributed by atoms with Gasteiger partial charge >= 0.3 is 11.9 Å². The van der Waals surface area contributed by atoms with E-state index in [4.69, 9.17) is 5.11 Å². The van der Waals surface area contributed by atoms with E-state index in [1.54, 1.807) is 0 Å². The zero-order valence-corrected chi connectivity index (χ0v) is 11.9. The van der Waals surface area contributed by atoms with Gasteiger partial charge in [-0.2, -0.15) is 0 Å². The number of carbonyl (C=O) groups excluding carboxylic acids is 1. The second-order valence-electron chi connectivity index (χ2n) is 4.78. The van der Waals surface area contributed by atoms with Crippen molar-refractivity contribution in [1.29, 1.82) is 0 Å². The Balaban J connectivity index is 2.37. The van der Waals surface area contributed by atoms with Gasteiger partial charge in [0.1, 0.15) is 0 Å². The minimum absolute atomic E-state index is 0.154. The van der Waals surface area contributed by atoms with Gasteiger partial charge < -0.3 is 15.2 Å². The fourth-order valence-corrected chi connectivity index (χ4v) is 1.75. The number of benzene rings is 1. The van der Waals surface area contributed by atoms with Gasteiger partial charge in [-0.15, -0.1) is 0 Å². The third kappa shape index (κ3) is 6.33. The molecule has 0 saturated heterocycles. The first-order chi connectivity index (χ1) is 9.51. The average molecular weight is 279 g/mol. The van der Waals surface area contributed by atoms with Crippen molar-refractivity contribution < 1.29 is 19.4 Å². The van der Waals surface area contributed by atoms with Gasteiger partial charge in [0.2, 0.25) is 0 Å². The van der Waals surface area contributed by atoms with E-state index in [1.165, 1.54) is 7.11 Å². The fraction of sp³-hybridized carbons (Fsp3) is 0.467. The van der Waals surface area contributed by atoms with E-state index in [9.17, 15) is 9.59 Å². The van der Waals surface area contributed by atoms with E-state index >= 15 is 0 Å². The quantitative estimate of drug-likeness (QED) is 0.709. The Kier molecular flexibility index (Phi) is 6.73. The van der Waals surface area contributed by atoms with Gasteiger partial charge in [0.25, 0.3) is 0 Å². The van der Waals surface area contributed by atoms with Crippen LogP contribution in [0.25, 0.3) is 0 Å². The summed E-state index contributed by atoms with van der Waals surface area (Å²) in [6.07, 6.45) is 1.06. The Morgan fingerprint density at radius 3 is 2.40 bits per heavy atom. The highest BCUT2D eigenvalue weighted by atomic mass is 16.5. The molecule has 110 valence electrons. The van der Waals surface area contributed by atoms with Crippen molar-refractivity contribution in [3.05, 3.63) is 35.4 Å². The maximum Gasteiger partial charge on any atom is 0.309 e. The molecule has 0 unspecified atom stereocenters. The van der Waals surface area contributed by atoms with Crippen molar-refractivity contribution in [3.63, 3.8) is 0 Å². The molecule has 20 heavy (non-hydrogen) atoms. The molecular weight excluding hydrogens is 258 g/mol. The van der Waals surface area contributed by atoms with Gasteiger partial charge in [0, 0.05) is 19.0 Å². The molecule has 0 fully saturated rings. The summed E-state index contributed by atoms with van der Waals surface area (Å²) in [5.41, 5.74) is 2.01. The first kappa shape index (κ1) is 16.2. The smallest absolute Gasteiger partial charge is 0.309 e. The maximum atomic E-state index is 11.1. The number of carboxylic acids is 1. The SMILES string of the molecule is COC(=O)Cc1ccc(CN[C@@H](C)CCC(=O)O)cc1. The Labute approximate surface area is 118 Å². The summed E-state index contributed by atoms with van der Waals surface area (Å²) in [6.45, 7) is 2.65. The molecule has 1 aromatic rings. The molecule has 0 spiro atoms. The summed E-state index contributed by atoms with van der Waals surface area (Å²) in [5, 5.41) is 11.9. The van der Waals surface area contributed by atoms with Crippen LogP contribution in [0.1, 0.15) is 30.9 Å². The number of hydrogen-bond donors (Lipinski definition) is 2. The molecule has 1 aromatic carbocycles. The largest absolute Gasteiger partial charge is 0.481 e. The standard InChI is InChI=1S/C15H21NO4/c1-11(3-8-14(17)18)16-10-13-6-4-12(5-7-13)9-15(19)20-2/h4-7,11,16H,3,8-10H2,1-2H3,(H,17,18)/t11-/m0/s1. The first-order valence-electron chi connectivity index (χ1n) is 6.61. The lowest BCUT2D eigenvalue weighted by molar-refractivity contribution is -0.140. The van der Waals surface area contributed by atoms with Crippen LogP contribution in [0.4, 0.5) is 0 Å². The summed E-state index contributed by atoms with van der Waals surface area (Å²) in [7, 11) is 1.37. The molecule has 0 radical (unpaired) electrons. The normalized spacial score (nSPS) is 11.9. The van der Waals surface area contributed by atoms with Crippen LogP contribution in [0.5, 0.6) is 0 Å². The monoisotopic (exact) mass is 279 g/mol. The zero-order valence-electron chi connectivity index (χ0n) is 11.9. The minimum Gasteiger partial charge on any atom is -0.481 e. The highest BCUT2D eigenvalue weighted by Crippen LogP contribution is 2.07. The lowest BCUT2D eigenvalue weighted by Crippen LogP contribution is -2.26. The molecule has 5 heteroatoms. The van der Waals surface area contributed by atoms with Crippen molar-refractivity contribution in [2.45, 2.75) is 38.8 Å². The highest BCUT2D eigenvalue weighted by molar-refractivity contribution is 5.72. The van der Waals surface area contributed by atoms with Crippen LogP contribution < -0.4 is 5.32 Å². The topological polar surface area (TPSA) is 75.6 Å². The Hall–Kier alpha value is -1.88. The van der Waals surface area contributed by atoms with Crippen molar-refractivity contribution in [2.75, 3.05) is 7.11 Å². The molecule has 0 bridgehead atoms. The van der Waals surface area contributed by atoms with Crippen LogP contribution in [0.3, 0.4) is 0 Å². The number of carbonyl (C=O) groups is 2. The summed E-state index contributed by atoms with van der Waals surface area (Å²) < 4.78 is 4.61. The predicted octanol–water partition coefficient (Wildman–Crippen LogP) is 1.74. The average Bonchev–Trinajstić information content (AvgIpc) is 2.44. The Bertz CT molecular complexity index is 442. The van der Waals surface area contributed by atoms with Crippen LogP contribution in [-0.2, 0) is 27.3 Å². The van der Waals surface area contributed by atoms with Crippen molar-refractivity contribution in [1.82, 2.24) is 5.32 Å².